The number of rotatable bonds is 6. The van der Waals surface area contributed by atoms with E-state index >= 15 is 0 Å². The van der Waals surface area contributed by atoms with Gasteiger partial charge < -0.3 is 19.8 Å². The van der Waals surface area contributed by atoms with Crippen molar-refractivity contribution in [3.63, 3.8) is 0 Å². The number of benzene rings is 1. The van der Waals surface area contributed by atoms with Crippen LogP contribution >= 0.6 is 0 Å². The van der Waals surface area contributed by atoms with Gasteiger partial charge in [0, 0.05) is 11.9 Å². The van der Waals surface area contributed by atoms with Gasteiger partial charge in [0.2, 0.25) is 0 Å². The number of carbonyl (C=O) groups is 2. The number of aromatic amines is 1. The van der Waals surface area contributed by atoms with Crippen LogP contribution in [-0.4, -0.2) is 29.6 Å². The van der Waals surface area contributed by atoms with Crippen molar-refractivity contribution in [2.45, 2.75) is 20.0 Å². The fourth-order valence-electron chi connectivity index (χ4n) is 1.78. The minimum Gasteiger partial charge on any atom is -0.494 e. The summed E-state index contributed by atoms with van der Waals surface area (Å²) in [6, 6.07) is 10.2. The number of H-pyrrole nitrogens is 1. The normalized spacial score (nSPS) is 11.5. The number of aromatic nitrogens is 1. The molecule has 2 N–H and O–H groups in total. The minimum absolute atomic E-state index is 0.306. The second kappa shape index (κ2) is 7.31. The molecule has 0 saturated carbocycles. The predicted molar refractivity (Wildman–Crippen MR) is 81.9 cm³/mol. The second-order valence-electron chi connectivity index (χ2n) is 4.58. The van der Waals surface area contributed by atoms with E-state index in [9.17, 15) is 9.59 Å². The SMILES string of the molecule is CCOc1ccc(NC(=O)[C@H](C)OC(=O)c2ccc[nH]2)cc1. The van der Waals surface area contributed by atoms with Crippen molar-refractivity contribution in [3.05, 3.63) is 48.3 Å². The molecule has 2 aromatic rings. The summed E-state index contributed by atoms with van der Waals surface area (Å²) in [6.07, 6.45) is 0.712. The molecule has 0 spiro atoms. The highest BCUT2D eigenvalue weighted by molar-refractivity contribution is 5.96. The average Bonchev–Trinajstić information content (AvgIpc) is 3.04. The van der Waals surface area contributed by atoms with Gasteiger partial charge in [-0.05, 0) is 50.2 Å². The van der Waals surface area contributed by atoms with Gasteiger partial charge in [0.05, 0.1) is 6.61 Å². The zero-order chi connectivity index (χ0) is 15.9. The molecule has 0 unspecified atom stereocenters. The lowest BCUT2D eigenvalue weighted by molar-refractivity contribution is -0.123. The summed E-state index contributed by atoms with van der Waals surface area (Å²) >= 11 is 0. The third-order valence-electron chi connectivity index (χ3n) is 2.90. The number of nitrogens with one attached hydrogen (secondary N) is 2. The topological polar surface area (TPSA) is 80.4 Å². The highest BCUT2D eigenvalue weighted by Gasteiger charge is 2.19. The smallest absolute Gasteiger partial charge is 0.355 e. The van der Waals surface area contributed by atoms with Gasteiger partial charge in [-0.3, -0.25) is 4.79 Å². The van der Waals surface area contributed by atoms with E-state index in [4.69, 9.17) is 9.47 Å². The van der Waals surface area contributed by atoms with E-state index in [0.29, 0.717) is 18.0 Å². The summed E-state index contributed by atoms with van der Waals surface area (Å²) in [5.41, 5.74) is 0.914. The summed E-state index contributed by atoms with van der Waals surface area (Å²) in [5, 5.41) is 2.68. The molecule has 6 heteroatoms. The average molecular weight is 302 g/mol. The molecule has 22 heavy (non-hydrogen) atoms. The third kappa shape index (κ3) is 4.12. The standard InChI is InChI=1S/C16H18N2O4/c1-3-21-13-8-6-12(7-9-13)18-15(19)11(2)22-16(20)14-5-4-10-17-14/h4-11,17H,3H2,1-2H3,(H,18,19)/t11-/m0/s1. The lowest BCUT2D eigenvalue weighted by atomic mass is 10.3. The van der Waals surface area contributed by atoms with Crippen molar-refractivity contribution in [3.8, 4) is 5.75 Å². The molecule has 0 saturated heterocycles. The number of amides is 1. The van der Waals surface area contributed by atoms with Crippen molar-refractivity contribution in [1.29, 1.82) is 0 Å². The van der Waals surface area contributed by atoms with Crippen LogP contribution in [0, 0.1) is 0 Å². The zero-order valence-corrected chi connectivity index (χ0v) is 12.5. The Morgan fingerprint density at radius 3 is 2.55 bits per heavy atom. The van der Waals surface area contributed by atoms with Gasteiger partial charge in [-0.2, -0.15) is 0 Å². The van der Waals surface area contributed by atoms with Gasteiger partial charge >= 0.3 is 5.97 Å². The Morgan fingerprint density at radius 2 is 1.95 bits per heavy atom. The van der Waals surface area contributed by atoms with E-state index in [-0.39, 0.29) is 0 Å². The van der Waals surface area contributed by atoms with Gasteiger partial charge in [-0.15, -0.1) is 0 Å². The largest absolute Gasteiger partial charge is 0.494 e. The van der Waals surface area contributed by atoms with Crippen LogP contribution in [0.3, 0.4) is 0 Å². The Balaban J connectivity index is 1.89. The van der Waals surface area contributed by atoms with Crippen LogP contribution in [0.4, 0.5) is 5.69 Å². The van der Waals surface area contributed by atoms with Crippen LogP contribution in [0.1, 0.15) is 24.3 Å². The van der Waals surface area contributed by atoms with E-state index in [0.717, 1.165) is 5.75 Å². The summed E-state index contributed by atoms with van der Waals surface area (Å²) in [7, 11) is 0. The van der Waals surface area contributed by atoms with Gasteiger partial charge in [0.15, 0.2) is 6.10 Å². The van der Waals surface area contributed by atoms with E-state index < -0.39 is 18.0 Å². The van der Waals surface area contributed by atoms with Crippen LogP contribution in [0.5, 0.6) is 5.75 Å². The first-order chi connectivity index (χ1) is 10.6. The number of esters is 1. The molecule has 1 aromatic heterocycles. The molecule has 0 fully saturated rings. The summed E-state index contributed by atoms with van der Waals surface area (Å²) < 4.78 is 10.4. The highest BCUT2D eigenvalue weighted by atomic mass is 16.5. The molecule has 1 aromatic carbocycles. The van der Waals surface area contributed by atoms with Crippen molar-refractivity contribution >= 4 is 17.6 Å². The van der Waals surface area contributed by atoms with Gasteiger partial charge in [0.1, 0.15) is 11.4 Å². The number of carbonyl (C=O) groups excluding carboxylic acids is 2. The van der Waals surface area contributed by atoms with Crippen molar-refractivity contribution in [2.75, 3.05) is 11.9 Å². The van der Waals surface area contributed by atoms with E-state index in [2.05, 4.69) is 10.3 Å². The van der Waals surface area contributed by atoms with Gasteiger partial charge in [-0.25, -0.2) is 4.79 Å². The predicted octanol–water partition coefficient (Wildman–Crippen LogP) is 2.60. The number of anilines is 1. The molecule has 0 bridgehead atoms. The Morgan fingerprint density at radius 1 is 1.23 bits per heavy atom. The number of hydrogen-bond acceptors (Lipinski definition) is 4. The Kier molecular flexibility index (Phi) is 5.19. The molecular weight excluding hydrogens is 284 g/mol. The first kappa shape index (κ1) is 15.6. The minimum atomic E-state index is -0.901. The fourth-order valence-corrected chi connectivity index (χ4v) is 1.78. The summed E-state index contributed by atoms with van der Waals surface area (Å²) in [6.45, 7) is 4.00. The first-order valence-electron chi connectivity index (χ1n) is 6.98. The molecule has 1 amide bonds. The molecule has 2 rings (SSSR count). The summed E-state index contributed by atoms with van der Waals surface area (Å²) in [4.78, 5) is 26.5. The molecule has 6 nitrogen and oxygen atoms in total. The first-order valence-corrected chi connectivity index (χ1v) is 6.98. The lowest BCUT2D eigenvalue weighted by Gasteiger charge is -2.13. The molecular formula is C16H18N2O4. The maximum atomic E-state index is 12.0. The number of ether oxygens (including phenoxy) is 2. The zero-order valence-electron chi connectivity index (χ0n) is 12.5. The van der Waals surface area contributed by atoms with Crippen molar-refractivity contribution in [1.82, 2.24) is 4.98 Å². The van der Waals surface area contributed by atoms with Crippen LogP contribution in [-0.2, 0) is 9.53 Å². The van der Waals surface area contributed by atoms with Gasteiger partial charge in [0.25, 0.3) is 5.91 Å². The highest BCUT2D eigenvalue weighted by Crippen LogP contribution is 2.16. The maximum absolute atomic E-state index is 12.0. The quantitative estimate of drug-likeness (QED) is 0.804. The monoisotopic (exact) mass is 302 g/mol. The molecule has 0 radical (unpaired) electrons. The summed E-state index contributed by atoms with van der Waals surface area (Å²) in [5.74, 6) is -0.241. The van der Waals surface area contributed by atoms with E-state index in [1.54, 1.807) is 42.6 Å². The lowest BCUT2D eigenvalue weighted by Crippen LogP contribution is -2.30. The molecule has 1 atom stereocenters. The molecule has 0 aliphatic heterocycles. The third-order valence-corrected chi connectivity index (χ3v) is 2.90. The van der Waals surface area contributed by atoms with Crippen LogP contribution in [0.2, 0.25) is 0 Å². The molecule has 1 heterocycles. The van der Waals surface area contributed by atoms with Crippen LogP contribution in [0.25, 0.3) is 0 Å². The van der Waals surface area contributed by atoms with Crippen molar-refractivity contribution in [2.24, 2.45) is 0 Å². The maximum Gasteiger partial charge on any atom is 0.355 e. The van der Waals surface area contributed by atoms with E-state index in [1.807, 2.05) is 6.92 Å². The molecule has 0 aliphatic carbocycles. The van der Waals surface area contributed by atoms with Crippen LogP contribution in [0.15, 0.2) is 42.6 Å². The van der Waals surface area contributed by atoms with Crippen molar-refractivity contribution < 1.29 is 19.1 Å². The van der Waals surface area contributed by atoms with Gasteiger partial charge in [-0.1, -0.05) is 0 Å². The fraction of sp³-hybridized carbons (Fsp3) is 0.250. The Hall–Kier alpha value is -2.76. The second-order valence-corrected chi connectivity index (χ2v) is 4.58. The molecule has 0 aliphatic rings. The number of hydrogen-bond donors (Lipinski definition) is 2. The molecule has 116 valence electrons. The van der Waals surface area contributed by atoms with E-state index in [1.165, 1.54) is 6.92 Å². The Bertz CT molecular complexity index is 620. The van der Waals surface area contributed by atoms with Crippen LogP contribution < -0.4 is 10.1 Å². The Labute approximate surface area is 128 Å².